The second kappa shape index (κ2) is 9.30. The molecule has 0 saturated carbocycles. The summed E-state index contributed by atoms with van der Waals surface area (Å²) in [5.41, 5.74) is 3.50. The number of anilines is 1. The first-order valence-electron chi connectivity index (χ1n) is 10.6. The third-order valence-electron chi connectivity index (χ3n) is 6.24. The van der Waals surface area contributed by atoms with Crippen LogP contribution in [0.1, 0.15) is 26.2 Å². The number of allylic oxidation sites excluding steroid dienone is 1. The van der Waals surface area contributed by atoms with Crippen molar-refractivity contribution < 1.29 is 4.79 Å². The van der Waals surface area contributed by atoms with Crippen LogP contribution in [0.4, 0.5) is 5.95 Å². The number of rotatable bonds is 6. The summed E-state index contributed by atoms with van der Waals surface area (Å²) in [4.78, 5) is 28.8. The van der Waals surface area contributed by atoms with Gasteiger partial charge in [0.05, 0.1) is 0 Å². The fourth-order valence-corrected chi connectivity index (χ4v) is 5.69. The van der Waals surface area contributed by atoms with Gasteiger partial charge in [-0.3, -0.25) is 9.69 Å². The van der Waals surface area contributed by atoms with E-state index in [2.05, 4.69) is 44.8 Å². The molecule has 29 heavy (non-hydrogen) atoms. The molecule has 0 aromatic carbocycles. The van der Waals surface area contributed by atoms with Crippen molar-refractivity contribution in [3.63, 3.8) is 0 Å². The van der Waals surface area contributed by atoms with Gasteiger partial charge in [-0.15, -0.1) is 0 Å². The molecule has 0 N–H and O–H groups in total. The van der Waals surface area contributed by atoms with Gasteiger partial charge in [-0.1, -0.05) is 6.42 Å². The van der Waals surface area contributed by atoms with Crippen LogP contribution in [-0.2, 0) is 4.79 Å². The number of nitrogens with zero attached hydrogens (tertiary/aromatic N) is 5. The number of carbonyl (C=O) groups excluding carboxylic acids is 1. The number of carbonyl (C=O) groups is 1. The minimum absolute atomic E-state index is 0.0655. The molecule has 0 amide bonds. The lowest BCUT2D eigenvalue weighted by Gasteiger charge is -2.34. The summed E-state index contributed by atoms with van der Waals surface area (Å²) in [5.74, 6) is 3.12. The molecular formula is C22H31N5OS. The largest absolute Gasteiger partial charge is 0.353 e. The maximum absolute atomic E-state index is 13.1. The topological polar surface area (TPSA) is 52.6 Å². The van der Waals surface area contributed by atoms with Crippen LogP contribution < -0.4 is 4.90 Å². The number of hydrogen-bond acceptors (Lipinski definition) is 7. The summed E-state index contributed by atoms with van der Waals surface area (Å²) in [7, 11) is 2.08. The monoisotopic (exact) mass is 413 g/mol. The Kier molecular flexibility index (Phi) is 6.55. The molecule has 1 fully saturated rings. The van der Waals surface area contributed by atoms with Crippen molar-refractivity contribution in [2.75, 3.05) is 56.2 Å². The molecule has 4 heterocycles. The average Bonchev–Trinajstić information content (AvgIpc) is 3.22. The van der Waals surface area contributed by atoms with Crippen molar-refractivity contribution in [2.45, 2.75) is 26.2 Å². The van der Waals surface area contributed by atoms with Crippen molar-refractivity contribution in [3.05, 3.63) is 41.5 Å². The predicted molar refractivity (Wildman–Crippen MR) is 119 cm³/mol. The minimum atomic E-state index is 0.0655. The molecule has 156 valence electrons. The number of aromatic nitrogens is 2. The van der Waals surface area contributed by atoms with E-state index in [1.807, 2.05) is 17.8 Å². The van der Waals surface area contributed by atoms with Crippen LogP contribution in [0.15, 0.2) is 41.5 Å². The first-order chi connectivity index (χ1) is 14.1. The highest BCUT2D eigenvalue weighted by Gasteiger charge is 2.32. The number of hydrogen-bond donors (Lipinski definition) is 0. The van der Waals surface area contributed by atoms with E-state index in [4.69, 9.17) is 0 Å². The van der Waals surface area contributed by atoms with Crippen molar-refractivity contribution in [1.29, 1.82) is 0 Å². The maximum Gasteiger partial charge on any atom is 0.225 e. The second-order valence-corrected chi connectivity index (χ2v) is 9.18. The standard InChI is InChI=1S/C22H31N5OS/c1-17-14-25(2)20-16-29-15-19(20)21(28)18(17)6-3-4-9-26-10-12-27(13-11-26)22-23-7-5-8-24-22/h5,7-8,14,18H,3-4,6,9-13,15-16H2,1-2H3. The van der Waals surface area contributed by atoms with Crippen LogP contribution in [0.2, 0.25) is 0 Å². The summed E-state index contributed by atoms with van der Waals surface area (Å²) < 4.78 is 0. The van der Waals surface area contributed by atoms with Gasteiger partial charge in [0.1, 0.15) is 0 Å². The van der Waals surface area contributed by atoms with Crippen LogP contribution >= 0.6 is 11.8 Å². The maximum atomic E-state index is 13.1. The van der Waals surface area contributed by atoms with Crippen molar-refractivity contribution in [1.82, 2.24) is 19.8 Å². The van der Waals surface area contributed by atoms with Gasteiger partial charge < -0.3 is 9.80 Å². The van der Waals surface area contributed by atoms with Gasteiger partial charge in [-0.25, -0.2) is 9.97 Å². The number of unbranched alkanes of at least 4 members (excludes halogenated alkanes) is 1. The van der Waals surface area contributed by atoms with Crippen LogP contribution in [0.3, 0.4) is 0 Å². The average molecular weight is 414 g/mol. The molecule has 1 saturated heterocycles. The zero-order valence-corrected chi connectivity index (χ0v) is 18.3. The third kappa shape index (κ3) is 4.67. The Bertz CT molecular complexity index is 786. The molecular weight excluding hydrogens is 382 g/mol. The van der Waals surface area contributed by atoms with Gasteiger partial charge in [0.2, 0.25) is 5.95 Å². The van der Waals surface area contributed by atoms with Crippen molar-refractivity contribution >= 4 is 23.5 Å². The number of ketones is 1. The fraction of sp³-hybridized carbons (Fsp3) is 0.591. The van der Waals surface area contributed by atoms with E-state index < -0.39 is 0 Å². The molecule has 0 spiro atoms. The second-order valence-electron chi connectivity index (χ2n) is 8.19. The predicted octanol–water partition coefficient (Wildman–Crippen LogP) is 2.80. The Morgan fingerprint density at radius 1 is 1.10 bits per heavy atom. The third-order valence-corrected chi connectivity index (χ3v) is 7.21. The number of piperazine rings is 1. The first kappa shape index (κ1) is 20.4. The van der Waals surface area contributed by atoms with Crippen LogP contribution in [0.5, 0.6) is 0 Å². The Labute approximate surface area is 178 Å². The molecule has 0 bridgehead atoms. The van der Waals surface area contributed by atoms with Gasteiger partial charge >= 0.3 is 0 Å². The summed E-state index contributed by atoms with van der Waals surface area (Å²) in [6.07, 6.45) is 9.01. The van der Waals surface area contributed by atoms with E-state index in [1.165, 1.54) is 11.3 Å². The highest BCUT2D eigenvalue weighted by molar-refractivity contribution is 8.00. The summed E-state index contributed by atoms with van der Waals surface area (Å²) in [5, 5.41) is 0. The molecule has 1 atom stereocenters. The Hall–Kier alpha value is -1.86. The molecule has 1 unspecified atom stereocenters. The van der Waals surface area contributed by atoms with E-state index >= 15 is 0 Å². The zero-order chi connectivity index (χ0) is 20.2. The zero-order valence-electron chi connectivity index (χ0n) is 17.5. The Balaban J connectivity index is 1.23. The molecule has 4 rings (SSSR count). The van der Waals surface area contributed by atoms with E-state index in [9.17, 15) is 4.79 Å². The lowest BCUT2D eigenvalue weighted by molar-refractivity contribution is -0.118. The highest BCUT2D eigenvalue weighted by Crippen LogP contribution is 2.35. The summed E-state index contributed by atoms with van der Waals surface area (Å²) >= 11 is 1.86. The molecule has 1 aromatic rings. The number of Topliss-reactive ketones (excluding diaryl/α,β-unsaturated/α-hetero) is 1. The van der Waals surface area contributed by atoms with Crippen LogP contribution in [0, 0.1) is 5.92 Å². The van der Waals surface area contributed by atoms with Crippen molar-refractivity contribution in [2.24, 2.45) is 5.92 Å². The van der Waals surface area contributed by atoms with E-state index in [1.54, 1.807) is 12.4 Å². The van der Waals surface area contributed by atoms with Crippen molar-refractivity contribution in [3.8, 4) is 0 Å². The molecule has 0 aliphatic carbocycles. The highest BCUT2D eigenvalue weighted by atomic mass is 32.2. The van der Waals surface area contributed by atoms with Crippen LogP contribution in [-0.4, -0.2) is 76.8 Å². The SMILES string of the molecule is CC1=CN(C)C2=C(CSC2)C(=O)C1CCCCN1CCN(c2ncccn2)CC1. The molecule has 7 heteroatoms. The van der Waals surface area contributed by atoms with Gasteiger partial charge in [0.25, 0.3) is 0 Å². The quantitative estimate of drug-likeness (QED) is 0.665. The molecule has 6 nitrogen and oxygen atoms in total. The molecule has 3 aliphatic rings. The Morgan fingerprint density at radius 2 is 1.86 bits per heavy atom. The normalized spacial score (nSPS) is 23.3. The lowest BCUT2D eigenvalue weighted by Crippen LogP contribution is -2.47. The summed E-state index contributed by atoms with van der Waals surface area (Å²) in [6, 6.07) is 1.86. The fourth-order valence-electron chi connectivity index (χ4n) is 4.51. The summed E-state index contributed by atoms with van der Waals surface area (Å²) in [6.45, 7) is 7.30. The van der Waals surface area contributed by atoms with Gasteiger partial charge in [-0.2, -0.15) is 11.8 Å². The van der Waals surface area contributed by atoms with E-state index in [-0.39, 0.29) is 5.92 Å². The lowest BCUT2D eigenvalue weighted by atomic mass is 9.88. The Morgan fingerprint density at radius 3 is 2.62 bits per heavy atom. The molecule has 3 aliphatic heterocycles. The molecule has 0 radical (unpaired) electrons. The van der Waals surface area contributed by atoms with Gasteiger partial charge in [-0.05, 0) is 37.9 Å². The van der Waals surface area contributed by atoms with E-state index in [0.29, 0.717) is 5.78 Å². The number of thioether (sulfide) groups is 1. The molecule has 1 aromatic heterocycles. The van der Waals surface area contributed by atoms with Gasteiger partial charge in [0.15, 0.2) is 5.78 Å². The van der Waals surface area contributed by atoms with Crippen LogP contribution in [0.25, 0.3) is 0 Å². The smallest absolute Gasteiger partial charge is 0.225 e. The minimum Gasteiger partial charge on any atom is -0.353 e. The first-order valence-corrected chi connectivity index (χ1v) is 11.8. The van der Waals surface area contributed by atoms with E-state index in [0.717, 1.165) is 75.0 Å². The van der Waals surface area contributed by atoms with Gasteiger partial charge in [0, 0.05) is 80.5 Å².